The van der Waals surface area contributed by atoms with Crippen LogP contribution in [0, 0.1) is 6.92 Å². The molecule has 0 saturated carbocycles. The van der Waals surface area contributed by atoms with Gasteiger partial charge >= 0.3 is 0 Å². The Kier molecular flexibility index (Phi) is 5.46. The number of nitrogens with one attached hydrogen (secondary N) is 3. The van der Waals surface area contributed by atoms with E-state index in [2.05, 4.69) is 34.9 Å². The largest absolute Gasteiger partial charge is 0.378 e. The van der Waals surface area contributed by atoms with Gasteiger partial charge in [0.15, 0.2) is 5.03 Å². The Morgan fingerprint density at radius 2 is 2.08 bits per heavy atom. The second-order valence-electron chi connectivity index (χ2n) is 5.50. The minimum atomic E-state index is -3.57. The highest BCUT2D eigenvalue weighted by atomic mass is 32.2. The Balaban J connectivity index is 1.55. The van der Waals surface area contributed by atoms with E-state index in [1.807, 2.05) is 13.0 Å². The molecule has 0 aliphatic carbocycles. The first-order valence-electron chi connectivity index (χ1n) is 7.95. The summed E-state index contributed by atoms with van der Waals surface area (Å²) in [6.07, 6.45) is 2.59. The first-order valence-corrected chi connectivity index (χ1v) is 9.43. The third-order valence-electron chi connectivity index (χ3n) is 3.65. The standard InChI is InChI=1S/C14H21N7O3S/c1-11-19-12(8-13(20-11)21-4-6-24-7-5-21)16-2-3-18-25(22,23)14-9-15-10-17-14/h8-10,18H,2-7H2,1H3,(H,15,17)(H,16,19,20). The number of rotatable bonds is 7. The number of ether oxygens (including phenoxy) is 1. The summed E-state index contributed by atoms with van der Waals surface area (Å²) in [7, 11) is -3.57. The van der Waals surface area contributed by atoms with Crippen molar-refractivity contribution in [2.75, 3.05) is 49.6 Å². The number of anilines is 2. The molecule has 1 saturated heterocycles. The summed E-state index contributed by atoms with van der Waals surface area (Å²) >= 11 is 0. The number of morpholine rings is 1. The molecule has 25 heavy (non-hydrogen) atoms. The number of H-pyrrole nitrogens is 1. The molecule has 1 fully saturated rings. The molecule has 0 amide bonds. The highest BCUT2D eigenvalue weighted by molar-refractivity contribution is 7.89. The van der Waals surface area contributed by atoms with Crippen LogP contribution in [-0.4, -0.2) is 67.7 Å². The van der Waals surface area contributed by atoms with Gasteiger partial charge in [-0.25, -0.2) is 28.1 Å². The molecule has 10 nitrogen and oxygen atoms in total. The van der Waals surface area contributed by atoms with Crippen LogP contribution in [0.5, 0.6) is 0 Å². The number of aromatic nitrogens is 4. The van der Waals surface area contributed by atoms with Crippen LogP contribution in [0.2, 0.25) is 0 Å². The van der Waals surface area contributed by atoms with E-state index in [1.165, 1.54) is 12.5 Å². The molecule has 0 atom stereocenters. The number of sulfonamides is 1. The van der Waals surface area contributed by atoms with Gasteiger partial charge in [0.2, 0.25) is 0 Å². The van der Waals surface area contributed by atoms with Crippen LogP contribution in [0.4, 0.5) is 11.6 Å². The van der Waals surface area contributed by atoms with Crippen molar-refractivity contribution in [3.05, 3.63) is 24.4 Å². The number of aryl methyl sites for hydroxylation is 1. The van der Waals surface area contributed by atoms with E-state index in [4.69, 9.17) is 4.74 Å². The lowest BCUT2D eigenvalue weighted by Crippen LogP contribution is -2.37. The summed E-state index contributed by atoms with van der Waals surface area (Å²) in [4.78, 5) is 17.2. The maximum atomic E-state index is 12.0. The molecule has 0 spiro atoms. The predicted octanol–water partition coefficient (Wildman–Crippen LogP) is -0.265. The molecular weight excluding hydrogens is 346 g/mol. The summed E-state index contributed by atoms with van der Waals surface area (Å²) in [6, 6.07) is 1.86. The van der Waals surface area contributed by atoms with Gasteiger partial charge in [0, 0.05) is 32.2 Å². The molecule has 0 bridgehead atoms. The summed E-state index contributed by atoms with van der Waals surface area (Å²) in [5.74, 6) is 2.16. The lowest BCUT2D eigenvalue weighted by Gasteiger charge is -2.28. The third-order valence-corrected chi connectivity index (χ3v) is 5.03. The minimum Gasteiger partial charge on any atom is -0.378 e. The van der Waals surface area contributed by atoms with Crippen molar-refractivity contribution in [2.45, 2.75) is 11.9 Å². The Morgan fingerprint density at radius 1 is 1.28 bits per heavy atom. The molecule has 3 rings (SSSR count). The Bertz CT molecular complexity index is 789. The van der Waals surface area contributed by atoms with E-state index < -0.39 is 10.0 Å². The summed E-state index contributed by atoms with van der Waals surface area (Å²) in [5, 5.41) is 3.16. The molecule has 3 heterocycles. The van der Waals surface area contributed by atoms with Crippen LogP contribution in [0.3, 0.4) is 0 Å². The fourth-order valence-electron chi connectivity index (χ4n) is 2.44. The molecule has 2 aromatic heterocycles. The summed E-state index contributed by atoms with van der Waals surface area (Å²) in [6.45, 7) is 5.39. The van der Waals surface area contributed by atoms with Gasteiger partial charge in [-0.2, -0.15) is 0 Å². The van der Waals surface area contributed by atoms with E-state index in [9.17, 15) is 8.42 Å². The first-order chi connectivity index (χ1) is 12.0. The highest BCUT2D eigenvalue weighted by Crippen LogP contribution is 2.16. The molecule has 0 aromatic carbocycles. The van der Waals surface area contributed by atoms with Gasteiger partial charge in [0.25, 0.3) is 10.0 Å². The molecule has 1 aliphatic rings. The highest BCUT2D eigenvalue weighted by Gasteiger charge is 2.15. The Hall–Kier alpha value is -2.24. The van der Waals surface area contributed by atoms with Gasteiger partial charge in [-0.3, -0.25) is 0 Å². The monoisotopic (exact) mass is 367 g/mol. The van der Waals surface area contributed by atoms with E-state index in [0.717, 1.165) is 18.9 Å². The topological polar surface area (TPSA) is 125 Å². The van der Waals surface area contributed by atoms with Crippen molar-refractivity contribution >= 4 is 21.7 Å². The van der Waals surface area contributed by atoms with E-state index in [1.54, 1.807) is 0 Å². The zero-order valence-electron chi connectivity index (χ0n) is 13.9. The van der Waals surface area contributed by atoms with Gasteiger partial charge in [-0.15, -0.1) is 0 Å². The lowest BCUT2D eigenvalue weighted by atomic mass is 10.4. The van der Waals surface area contributed by atoms with Crippen molar-refractivity contribution in [1.82, 2.24) is 24.7 Å². The van der Waals surface area contributed by atoms with Crippen LogP contribution >= 0.6 is 0 Å². The van der Waals surface area contributed by atoms with Gasteiger partial charge < -0.3 is 19.9 Å². The van der Waals surface area contributed by atoms with Crippen LogP contribution in [0.1, 0.15) is 5.82 Å². The molecule has 11 heteroatoms. The summed E-state index contributed by atoms with van der Waals surface area (Å²) < 4.78 is 31.8. The maximum Gasteiger partial charge on any atom is 0.257 e. The Morgan fingerprint density at radius 3 is 2.80 bits per heavy atom. The zero-order chi connectivity index (χ0) is 17.7. The fourth-order valence-corrected chi connectivity index (χ4v) is 3.37. The van der Waals surface area contributed by atoms with E-state index in [0.29, 0.717) is 31.4 Å². The molecule has 0 radical (unpaired) electrons. The van der Waals surface area contributed by atoms with Crippen molar-refractivity contribution in [3.63, 3.8) is 0 Å². The molecule has 136 valence electrons. The number of aromatic amines is 1. The van der Waals surface area contributed by atoms with Crippen molar-refractivity contribution < 1.29 is 13.2 Å². The van der Waals surface area contributed by atoms with Crippen molar-refractivity contribution in [3.8, 4) is 0 Å². The quantitative estimate of drug-likeness (QED) is 0.572. The van der Waals surface area contributed by atoms with Gasteiger partial charge in [0.05, 0.1) is 25.7 Å². The lowest BCUT2D eigenvalue weighted by molar-refractivity contribution is 0.122. The fraction of sp³-hybridized carbons (Fsp3) is 0.500. The molecule has 0 unspecified atom stereocenters. The smallest absolute Gasteiger partial charge is 0.257 e. The number of imidazole rings is 1. The SMILES string of the molecule is Cc1nc(NCCNS(=O)(=O)c2cnc[nH]2)cc(N2CCOCC2)n1. The third kappa shape index (κ3) is 4.65. The second-order valence-corrected chi connectivity index (χ2v) is 7.23. The number of hydrogen-bond acceptors (Lipinski definition) is 8. The van der Waals surface area contributed by atoms with E-state index >= 15 is 0 Å². The van der Waals surface area contributed by atoms with Crippen LogP contribution in [-0.2, 0) is 14.8 Å². The molecule has 1 aliphatic heterocycles. The predicted molar refractivity (Wildman–Crippen MR) is 92.1 cm³/mol. The number of nitrogens with zero attached hydrogens (tertiary/aromatic N) is 4. The van der Waals surface area contributed by atoms with Gasteiger partial charge in [0.1, 0.15) is 17.5 Å². The normalized spacial score (nSPS) is 15.3. The maximum absolute atomic E-state index is 12.0. The van der Waals surface area contributed by atoms with E-state index in [-0.39, 0.29) is 11.6 Å². The Labute approximate surface area is 146 Å². The van der Waals surface area contributed by atoms with Crippen molar-refractivity contribution in [2.24, 2.45) is 0 Å². The molecular formula is C14H21N7O3S. The average Bonchev–Trinajstić information content (AvgIpc) is 3.15. The van der Waals surface area contributed by atoms with Crippen LogP contribution in [0.15, 0.2) is 23.6 Å². The van der Waals surface area contributed by atoms with Crippen LogP contribution < -0.4 is 14.9 Å². The molecule has 3 N–H and O–H groups in total. The van der Waals surface area contributed by atoms with Gasteiger partial charge in [-0.05, 0) is 6.92 Å². The first kappa shape index (κ1) is 17.6. The van der Waals surface area contributed by atoms with Crippen LogP contribution in [0.25, 0.3) is 0 Å². The summed E-state index contributed by atoms with van der Waals surface area (Å²) in [5.41, 5.74) is 0. The average molecular weight is 367 g/mol. The zero-order valence-corrected chi connectivity index (χ0v) is 14.7. The second kappa shape index (κ2) is 7.76. The number of hydrogen-bond donors (Lipinski definition) is 3. The van der Waals surface area contributed by atoms with Crippen molar-refractivity contribution in [1.29, 1.82) is 0 Å². The minimum absolute atomic E-state index is 0.0417. The molecule has 2 aromatic rings. The van der Waals surface area contributed by atoms with Gasteiger partial charge in [-0.1, -0.05) is 0 Å².